The molecule has 0 saturated heterocycles. The van der Waals surface area contributed by atoms with E-state index in [9.17, 15) is 18.0 Å². The van der Waals surface area contributed by atoms with Gasteiger partial charge in [0.2, 0.25) is 0 Å². The van der Waals surface area contributed by atoms with Gasteiger partial charge in [-0.1, -0.05) is 0 Å². The van der Waals surface area contributed by atoms with Crippen molar-refractivity contribution in [1.29, 1.82) is 0 Å². The maximum Gasteiger partial charge on any atom is 0.333 e. The molecule has 0 bridgehead atoms. The first kappa shape index (κ1) is 13.3. The largest absolute Gasteiger partial charge is 0.463 e. The Morgan fingerprint density at radius 3 is 2.29 bits per heavy atom. The topological polar surface area (TPSA) is 26.3 Å². The zero-order chi connectivity index (χ0) is 13.0. The van der Waals surface area contributed by atoms with Crippen LogP contribution in [0.25, 0.3) is 6.08 Å². The molecule has 0 aliphatic rings. The second kappa shape index (κ2) is 5.52. The van der Waals surface area contributed by atoms with E-state index in [1.165, 1.54) is 13.0 Å². The average molecular weight is 244 g/mol. The Morgan fingerprint density at radius 2 is 1.82 bits per heavy atom. The minimum Gasteiger partial charge on any atom is -0.463 e. The molecule has 0 fully saturated rings. The number of hydrogen-bond acceptors (Lipinski definition) is 2. The molecule has 0 amide bonds. The number of ether oxygens (including phenoxy) is 1. The molecule has 0 aromatic heterocycles. The predicted octanol–water partition coefficient (Wildman–Crippen LogP) is 3.07. The molecule has 0 heterocycles. The van der Waals surface area contributed by atoms with Crippen LogP contribution >= 0.6 is 0 Å². The molecular weight excluding hydrogens is 233 g/mol. The van der Waals surface area contributed by atoms with E-state index in [2.05, 4.69) is 0 Å². The van der Waals surface area contributed by atoms with Gasteiger partial charge in [-0.15, -0.1) is 0 Å². The normalized spacial score (nSPS) is 11.5. The van der Waals surface area contributed by atoms with Gasteiger partial charge in [-0.2, -0.15) is 0 Å². The third-order valence-corrected chi connectivity index (χ3v) is 1.99. The van der Waals surface area contributed by atoms with Crippen LogP contribution in [0, 0.1) is 17.5 Å². The van der Waals surface area contributed by atoms with Gasteiger partial charge < -0.3 is 4.74 Å². The molecule has 0 aliphatic carbocycles. The van der Waals surface area contributed by atoms with Crippen molar-refractivity contribution in [3.63, 3.8) is 0 Å². The van der Waals surface area contributed by atoms with E-state index in [4.69, 9.17) is 4.74 Å². The molecule has 0 spiro atoms. The summed E-state index contributed by atoms with van der Waals surface area (Å²) in [6, 6.07) is 1.61. The standard InChI is InChI=1S/C12H11F3O2/c1-3-17-12(16)7(2)4-8-5-9(13)11(15)10(14)6-8/h4-6H,3H2,1-2H3. The Bertz CT molecular complexity index is 444. The van der Waals surface area contributed by atoms with E-state index >= 15 is 0 Å². The maximum absolute atomic E-state index is 12.9. The fraction of sp³-hybridized carbons (Fsp3) is 0.250. The summed E-state index contributed by atoms with van der Waals surface area (Å²) in [7, 11) is 0. The highest BCUT2D eigenvalue weighted by atomic mass is 19.2. The number of hydrogen-bond donors (Lipinski definition) is 0. The SMILES string of the molecule is CCOC(=O)C(C)=Cc1cc(F)c(F)c(F)c1. The van der Waals surface area contributed by atoms with Gasteiger partial charge in [0.15, 0.2) is 17.5 Å². The number of benzene rings is 1. The molecule has 0 radical (unpaired) electrons. The summed E-state index contributed by atoms with van der Waals surface area (Å²) >= 11 is 0. The van der Waals surface area contributed by atoms with Crippen LogP contribution in [-0.4, -0.2) is 12.6 Å². The lowest BCUT2D eigenvalue weighted by Crippen LogP contribution is -2.05. The number of carbonyl (C=O) groups excluding carboxylic acids is 1. The van der Waals surface area contributed by atoms with Gasteiger partial charge in [0, 0.05) is 5.57 Å². The van der Waals surface area contributed by atoms with E-state index in [-0.39, 0.29) is 17.7 Å². The van der Waals surface area contributed by atoms with Gasteiger partial charge in [-0.25, -0.2) is 18.0 Å². The molecule has 0 atom stereocenters. The van der Waals surface area contributed by atoms with Gasteiger partial charge >= 0.3 is 5.97 Å². The highest BCUT2D eigenvalue weighted by Crippen LogP contribution is 2.16. The lowest BCUT2D eigenvalue weighted by molar-refractivity contribution is -0.138. The average Bonchev–Trinajstić information content (AvgIpc) is 2.26. The highest BCUT2D eigenvalue weighted by Gasteiger charge is 2.11. The lowest BCUT2D eigenvalue weighted by Gasteiger charge is -2.02. The summed E-state index contributed by atoms with van der Waals surface area (Å²) in [6.45, 7) is 3.29. The number of rotatable bonds is 3. The molecule has 2 nitrogen and oxygen atoms in total. The predicted molar refractivity (Wildman–Crippen MR) is 56.6 cm³/mol. The van der Waals surface area contributed by atoms with Crippen molar-refractivity contribution in [1.82, 2.24) is 0 Å². The number of carbonyl (C=O) groups is 1. The third kappa shape index (κ3) is 3.34. The van der Waals surface area contributed by atoms with Crippen molar-refractivity contribution in [2.45, 2.75) is 13.8 Å². The van der Waals surface area contributed by atoms with Crippen molar-refractivity contribution < 1.29 is 22.7 Å². The van der Waals surface area contributed by atoms with Crippen LogP contribution in [0.5, 0.6) is 0 Å². The van der Waals surface area contributed by atoms with Crippen LogP contribution in [0.15, 0.2) is 17.7 Å². The summed E-state index contributed by atoms with van der Waals surface area (Å²) in [4.78, 5) is 11.2. The van der Waals surface area contributed by atoms with E-state index in [1.807, 2.05) is 0 Å². The Hall–Kier alpha value is -1.78. The summed E-state index contributed by atoms with van der Waals surface area (Å²) < 4.78 is 43.1. The van der Waals surface area contributed by atoms with Gasteiger partial charge in [-0.05, 0) is 37.6 Å². The van der Waals surface area contributed by atoms with Crippen LogP contribution < -0.4 is 0 Å². The molecule has 17 heavy (non-hydrogen) atoms. The summed E-state index contributed by atoms with van der Waals surface area (Å²) in [6.07, 6.45) is 1.23. The zero-order valence-corrected chi connectivity index (χ0v) is 9.39. The molecular formula is C12H11F3O2. The third-order valence-electron chi connectivity index (χ3n) is 1.99. The van der Waals surface area contributed by atoms with Gasteiger partial charge in [0.05, 0.1) is 6.61 Å². The Balaban J connectivity index is 3.02. The molecule has 0 N–H and O–H groups in total. The quantitative estimate of drug-likeness (QED) is 0.464. The van der Waals surface area contributed by atoms with Crippen molar-refractivity contribution in [2.75, 3.05) is 6.61 Å². The van der Waals surface area contributed by atoms with Crippen molar-refractivity contribution >= 4 is 12.0 Å². The molecule has 92 valence electrons. The van der Waals surface area contributed by atoms with Gasteiger partial charge in [0.1, 0.15) is 0 Å². The Labute approximate surface area is 96.7 Å². The zero-order valence-electron chi connectivity index (χ0n) is 9.39. The minimum absolute atomic E-state index is 0.0620. The summed E-state index contributed by atoms with van der Waals surface area (Å²) in [5.41, 5.74) is 0.240. The fourth-order valence-corrected chi connectivity index (χ4v) is 1.21. The first-order chi connectivity index (χ1) is 7.95. The lowest BCUT2D eigenvalue weighted by atomic mass is 10.1. The maximum atomic E-state index is 12.9. The first-order valence-corrected chi connectivity index (χ1v) is 4.95. The van der Waals surface area contributed by atoms with Gasteiger partial charge in [-0.3, -0.25) is 0 Å². The summed E-state index contributed by atoms with van der Waals surface area (Å²) in [5.74, 6) is -4.71. The van der Waals surface area contributed by atoms with Crippen LogP contribution in [0.4, 0.5) is 13.2 Å². The van der Waals surface area contributed by atoms with Crippen molar-refractivity contribution in [3.05, 3.63) is 40.7 Å². The van der Waals surface area contributed by atoms with Gasteiger partial charge in [0.25, 0.3) is 0 Å². The molecule has 1 aromatic rings. The molecule has 1 aromatic carbocycles. The second-order valence-corrected chi connectivity index (χ2v) is 3.35. The van der Waals surface area contributed by atoms with Crippen LogP contribution in [0.3, 0.4) is 0 Å². The molecule has 0 unspecified atom stereocenters. The second-order valence-electron chi connectivity index (χ2n) is 3.35. The van der Waals surface area contributed by atoms with Crippen LogP contribution in [0.2, 0.25) is 0 Å². The van der Waals surface area contributed by atoms with Crippen molar-refractivity contribution in [2.24, 2.45) is 0 Å². The first-order valence-electron chi connectivity index (χ1n) is 4.95. The van der Waals surface area contributed by atoms with E-state index in [0.717, 1.165) is 12.1 Å². The van der Waals surface area contributed by atoms with E-state index in [0.29, 0.717) is 0 Å². The van der Waals surface area contributed by atoms with Crippen molar-refractivity contribution in [3.8, 4) is 0 Å². The Morgan fingerprint density at radius 1 is 1.29 bits per heavy atom. The highest BCUT2D eigenvalue weighted by molar-refractivity contribution is 5.92. The fourth-order valence-electron chi connectivity index (χ4n) is 1.21. The summed E-state index contributed by atoms with van der Waals surface area (Å²) in [5, 5.41) is 0. The monoisotopic (exact) mass is 244 g/mol. The molecule has 1 rings (SSSR count). The minimum atomic E-state index is -1.53. The van der Waals surface area contributed by atoms with E-state index < -0.39 is 23.4 Å². The van der Waals surface area contributed by atoms with Crippen LogP contribution in [-0.2, 0) is 9.53 Å². The Kier molecular flexibility index (Phi) is 4.31. The molecule has 0 saturated carbocycles. The van der Waals surface area contributed by atoms with Crippen LogP contribution in [0.1, 0.15) is 19.4 Å². The molecule has 0 aliphatic heterocycles. The number of halogens is 3. The smallest absolute Gasteiger partial charge is 0.333 e. The molecule has 5 heteroatoms. The number of esters is 1. The van der Waals surface area contributed by atoms with E-state index in [1.54, 1.807) is 6.92 Å².